The van der Waals surface area contributed by atoms with Crippen LogP contribution in [0.3, 0.4) is 0 Å². The Labute approximate surface area is 126 Å². The monoisotopic (exact) mass is 327 g/mol. The van der Waals surface area contributed by atoms with E-state index in [0.29, 0.717) is 12.8 Å². The Bertz CT molecular complexity index is 647. The van der Waals surface area contributed by atoms with Crippen LogP contribution in [0.25, 0.3) is 0 Å². The normalized spacial score (nSPS) is 17.2. The maximum absolute atomic E-state index is 10.7. The molecule has 0 heterocycles. The fourth-order valence-corrected chi connectivity index (χ4v) is 3.21. The number of aliphatic hydroxyl groups is 1. The lowest BCUT2D eigenvalue weighted by atomic mass is 9.77. The molecule has 0 spiro atoms. The van der Waals surface area contributed by atoms with Gasteiger partial charge in [-0.15, -0.1) is 0 Å². The van der Waals surface area contributed by atoms with Gasteiger partial charge < -0.3 is 5.11 Å². The molecule has 100 valence electrons. The summed E-state index contributed by atoms with van der Waals surface area (Å²) in [5.41, 5.74) is 2.38. The molecule has 1 unspecified atom stereocenters. The van der Waals surface area contributed by atoms with Crippen LogP contribution >= 0.6 is 15.9 Å². The van der Waals surface area contributed by atoms with Crippen molar-refractivity contribution in [1.82, 2.24) is 0 Å². The van der Waals surface area contributed by atoms with Crippen molar-refractivity contribution in [2.45, 2.75) is 18.9 Å². The van der Waals surface area contributed by atoms with Crippen LogP contribution in [-0.4, -0.2) is 5.11 Å². The first-order valence-electron chi connectivity index (χ1n) is 6.56. The van der Waals surface area contributed by atoms with Crippen molar-refractivity contribution >= 4 is 15.9 Å². The third kappa shape index (κ3) is 2.15. The van der Waals surface area contributed by atoms with Crippen molar-refractivity contribution in [2.24, 2.45) is 5.41 Å². The van der Waals surface area contributed by atoms with Crippen LogP contribution in [-0.2, 0) is 12.8 Å². The summed E-state index contributed by atoms with van der Waals surface area (Å²) in [6.07, 6.45) is 0.446. The van der Waals surface area contributed by atoms with Crippen molar-refractivity contribution in [3.05, 3.63) is 69.7 Å². The Morgan fingerprint density at radius 2 is 1.60 bits per heavy atom. The number of hydrogen-bond acceptors (Lipinski definition) is 2. The molecule has 0 bridgehead atoms. The van der Waals surface area contributed by atoms with Gasteiger partial charge >= 0.3 is 0 Å². The van der Waals surface area contributed by atoms with Crippen molar-refractivity contribution in [3.63, 3.8) is 0 Å². The van der Waals surface area contributed by atoms with Gasteiger partial charge in [-0.2, -0.15) is 5.26 Å². The first kappa shape index (κ1) is 13.4. The van der Waals surface area contributed by atoms with E-state index in [4.69, 9.17) is 0 Å². The molecule has 1 aliphatic rings. The van der Waals surface area contributed by atoms with Crippen LogP contribution in [0.4, 0.5) is 0 Å². The summed E-state index contributed by atoms with van der Waals surface area (Å²) in [6.45, 7) is 0. The van der Waals surface area contributed by atoms with Crippen LogP contribution in [0.2, 0.25) is 0 Å². The van der Waals surface area contributed by atoms with Crippen LogP contribution in [0, 0.1) is 16.7 Å². The summed E-state index contributed by atoms with van der Waals surface area (Å²) in [7, 11) is 0. The van der Waals surface area contributed by atoms with E-state index in [1.54, 1.807) is 0 Å². The minimum absolute atomic E-state index is 0.608. The Morgan fingerprint density at radius 1 is 1.05 bits per heavy atom. The number of nitrogens with zero attached hydrogens (tertiary/aromatic N) is 1. The summed E-state index contributed by atoms with van der Waals surface area (Å²) < 4.78 is 0.967. The van der Waals surface area contributed by atoms with E-state index in [2.05, 4.69) is 22.0 Å². The molecule has 0 radical (unpaired) electrons. The second-order valence-corrected chi connectivity index (χ2v) is 6.26. The Morgan fingerprint density at radius 3 is 2.10 bits per heavy atom. The molecule has 20 heavy (non-hydrogen) atoms. The van der Waals surface area contributed by atoms with Crippen LogP contribution in [0.5, 0.6) is 0 Å². The van der Waals surface area contributed by atoms with E-state index in [1.165, 1.54) is 11.1 Å². The number of halogens is 1. The van der Waals surface area contributed by atoms with Gasteiger partial charge in [0.1, 0.15) is 0 Å². The van der Waals surface area contributed by atoms with Gasteiger partial charge in [-0.1, -0.05) is 52.3 Å². The number of benzene rings is 2. The molecule has 1 N–H and O–H groups in total. The zero-order valence-electron chi connectivity index (χ0n) is 10.9. The summed E-state index contributed by atoms with van der Waals surface area (Å²) in [4.78, 5) is 0. The molecule has 2 aromatic rings. The molecular weight excluding hydrogens is 314 g/mol. The predicted molar refractivity (Wildman–Crippen MR) is 81.0 cm³/mol. The summed E-state index contributed by atoms with van der Waals surface area (Å²) in [6, 6.07) is 18.0. The molecule has 0 fully saturated rings. The van der Waals surface area contributed by atoms with Gasteiger partial charge in [0.2, 0.25) is 0 Å². The average molecular weight is 328 g/mol. The van der Waals surface area contributed by atoms with Crippen LogP contribution in [0.1, 0.15) is 22.8 Å². The predicted octanol–water partition coefficient (Wildman–Crippen LogP) is 3.79. The van der Waals surface area contributed by atoms with Gasteiger partial charge in [0.05, 0.1) is 17.6 Å². The van der Waals surface area contributed by atoms with E-state index >= 15 is 0 Å². The Kier molecular flexibility index (Phi) is 3.37. The van der Waals surface area contributed by atoms with Gasteiger partial charge in [-0.25, -0.2) is 0 Å². The zero-order chi connectivity index (χ0) is 14.2. The number of fused-ring (bicyclic) bond motifs is 1. The van der Waals surface area contributed by atoms with E-state index < -0.39 is 11.5 Å². The highest BCUT2D eigenvalue weighted by Crippen LogP contribution is 2.45. The summed E-state index contributed by atoms with van der Waals surface area (Å²) in [5, 5.41) is 20.4. The molecule has 0 aromatic heterocycles. The van der Waals surface area contributed by atoms with Crippen molar-refractivity contribution in [3.8, 4) is 6.07 Å². The van der Waals surface area contributed by atoms with Gasteiger partial charge in [-0.3, -0.25) is 0 Å². The van der Waals surface area contributed by atoms with E-state index in [0.717, 1.165) is 10.0 Å². The lowest BCUT2D eigenvalue weighted by Crippen LogP contribution is -2.28. The van der Waals surface area contributed by atoms with Gasteiger partial charge in [0.25, 0.3) is 0 Å². The highest BCUT2D eigenvalue weighted by atomic mass is 79.9. The largest absolute Gasteiger partial charge is 0.387 e. The first-order chi connectivity index (χ1) is 9.64. The average Bonchev–Trinajstić information content (AvgIpc) is 2.87. The first-order valence-corrected chi connectivity index (χ1v) is 7.35. The number of aliphatic hydroxyl groups excluding tert-OH is 1. The maximum atomic E-state index is 10.7. The SMILES string of the molecule is N#CC1(C(O)c2ccc(Br)cc2)Cc2ccccc2C1. The third-order valence-corrected chi connectivity index (χ3v) is 4.59. The minimum Gasteiger partial charge on any atom is -0.387 e. The molecule has 1 atom stereocenters. The zero-order valence-corrected chi connectivity index (χ0v) is 12.5. The second-order valence-electron chi connectivity index (χ2n) is 5.34. The molecule has 2 aromatic carbocycles. The molecule has 3 rings (SSSR count). The van der Waals surface area contributed by atoms with Crippen molar-refractivity contribution < 1.29 is 5.11 Å². The molecule has 0 saturated carbocycles. The lowest BCUT2D eigenvalue weighted by molar-refractivity contribution is 0.0693. The fraction of sp³-hybridized carbons (Fsp3) is 0.235. The van der Waals surface area contributed by atoms with E-state index in [-0.39, 0.29) is 0 Å². The maximum Gasteiger partial charge on any atom is 0.0982 e. The molecule has 1 aliphatic carbocycles. The quantitative estimate of drug-likeness (QED) is 0.911. The van der Waals surface area contributed by atoms with Gasteiger partial charge in [0.15, 0.2) is 0 Å². The molecule has 0 aliphatic heterocycles. The molecule has 0 saturated heterocycles. The van der Waals surface area contributed by atoms with Gasteiger partial charge in [0, 0.05) is 4.47 Å². The number of hydrogen-bond donors (Lipinski definition) is 1. The van der Waals surface area contributed by atoms with Gasteiger partial charge in [-0.05, 0) is 41.7 Å². The Hall–Kier alpha value is -1.63. The summed E-state index contributed by atoms with van der Waals surface area (Å²) >= 11 is 3.39. The highest BCUT2D eigenvalue weighted by molar-refractivity contribution is 9.10. The van der Waals surface area contributed by atoms with Crippen molar-refractivity contribution in [1.29, 1.82) is 5.26 Å². The highest BCUT2D eigenvalue weighted by Gasteiger charge is 2.44. The smallest absolute Gasteiger partial charge is 0.0982 e. The van der Waals surface area contributed by atoms with Crippen LogP contribution < -0.4 is 0 Å². The van der Waals surface area contributed by atoms with E-state index in [9.17, 15) is 10.4 Å². The molecule has 0 amide bonds. The number of nitriles is 1. The Balaban J connectivity index is 1.96. The minimum atomic E-state index is -0.770. The molecule has 3 heteroatoms. The fourth-order valence-electron chi connectivity index (χ4n) is 2.94. The standard InChI is InChI=1S/C17H14BrNO/c18-15-7-5-12(6-8-15)16(20)17(11-19)9-13-3-1-2-4-14(13)10-17/h1-8,16,20H,9-10H2. The van der Waals surface area contributed by atoms with Crippen LogP contribution in [0.15, 0.2) is 53.0 Å². The van der Waals surface area contributed by atoms with E-state index in [1.807, 2.05) is 48.5 Å². The third-order valence-electron chi connectivity index (χ3n) is 4.06. The topological polar surface area (TPSA) is 44.0 Å². The van der Waals surface area contributed by atoms with Crippen molar-refractivity contribution in [2.75, 3.05) is 0 Å². The molecular formula is C17H14BrNO. The summed E-state index contributed by atoms with van der Waals surface area (Å²) in [5.74, 6) is 0. The number of rotatable bonds is 2. The molecule has 2 nitrogen and oxygen atoms in total. The second kappa shape index (κ2) is 5.05. The lowest BCUT2D eigenvalue weighted by Gasteiger charge is -2.27.